The molecule has 0 unspecified atom stereocenters. The van der Waals surface area contributed by atoms with Crippen LogP contribution in [0.15, 0.2) is 36.4 Å². The van der Waals surface area contributed by atoms with Crippen molar-refractivity contribution in [3.05, 3.63) is 42.0 Å². The van der Waals surface area contributed by atoms with Gasteiger partial charge >= 0.3 is 0 Å². The molecule has 0 spiro atoms. The molecule has 0 bridgehead atoms. The number of carbonyl (C=O) groups excluding carboxylic acids is 1. The lowest BCUT2D eigenvalue weighted by Gasteiger charge is -2.26. The lowest BCUT2D eigenvalue weighted by atomic mass is 10.0. The second-order valence-corrected chi connectivity index (χ2v) is 4.82. The van der Waals surface area contributed by atoms with Crippen LogP contribution in [0.3, 0.4) is 0 Å². The van der Waals surface area contributed by atoms with Gasteiger partial charge in [-0.25, -0.2) is 0 Å². The van der Waals surface area contributed by atoms with E-state index in [4.69, 9.17) is 0 Å². The SMILES string of the molecule is C=C(CN1CCCCC1)C(=O)c1ccc(O)cc1. The normalized spacial score (nSPS) is 16.4. The number of benzene rings is 1. The van der Waals surface area contributed by atoms with Crippen LogP contribution in [0.25, 0.3) is 0 Å². The van der Waals surface area contributed by atoms with E-state index in [-0.39, 0.29) is 11.5 Å². The van der Waals surface area contributed by atoms with Crippen LogP contribution in [-0.4, -0.2) is 35.4 Å². The van der Waals surface area contributed by atoms with Gasteiger partial charge in [-0.15, -0.1) is 0 Å². The van der Waals surface area contributed by atoms with E-state index in [1.165, 1.54) is 31.4 Å². The Balaban J connectivity index is 1.95. The predicted octanol–water partition coefficient (Wildman–Crippen LogP) is 2.62. The first kappa shape index (κ1) is 12.8. The van der Waals surface area contributed by atoms with Gasteiger partial charge in [-0.3, -0.25) is 9.69 Å². The fourth-order valence-corrected chi connectivity index (χ4v) is 2.28. The van der Waals surface area contributed by atoms with E-state index < -0.39 is 0 Å². The van der Waals surface area contributed by atoms with Crippen molar-refractivity contribution < 1.29 is 9.90 Å². The number of piperidine rings is 1. The zero-order valence-corrected chi connectivity index (χ0v) is 10.6. The number of Topliss-reactive ketones (excluding diaryl/α,β-unsaturated/α-hetero) is 1. The highest BCUT2D eigenvalue weighted by Crippen LogP contribution is 2.15. The van der Waals surface area contributed by atoms with Crippen LogP contribution in [0, 0.1) is 0 Å². The van der Waals surface area contributed by atoms with Gasteiger partial charge in [0.2, 0.25) is 0 Å². The van der Waals surface area contributed by atoms with Gasteiger partial charge in [-0.2, -0.15) is 0 Å². The topological polar surface area (TPSA) is 40.5 Å². The summed E-state index contributed by atoms with van der Waals surface area (Å²) in [7, 11) is 0. The van der Waals surface area contributed by atoms with E-state index in [2.05, 4.69) is 11.5 Å². The summed E-state index contributed by atoms with van der Waals surface area (Å²) in [6.45, 7) is 6.66. The van der Waals surface area contributed by atoms with Crippen LogP contribution in [0.4, 0.5) is 0 Å². The number of aromatic hydroxyl groups is 1. The Morgan fingerprint density at radius 3 is 2.39 bits per heavy atom. The second kappa shape index (κ2) is 5.83. The Bertz CT molecular complexity index is 430. The summed E-state index contributed by atoms with van der Waals surface area (Å²) in [6.07, 6.45) is 3.70. The molecule has 1 fully saturated rings. The molecule has 96 valence electrons. The monoisotopic (exact) mass is 245 g/mol. The Morgan fingerprint density at radius 1 is 1.17 bits per heavy atom. The Morgan fingerprint density at radius 2 is 1.78 bits per heavy atom. The van der Waals surface area contributed by atoms with Crippen molar-refractivity contribution in [3.63, 3.8) is 0 Å². The van der Waals surface area contributed by atoms with E-state index in [9.17, 15) is 9.90 Å². The van der Waals surface area contributed by atoms with Crippen LogP contribution in [0.2, 0.25) is 0 Å². The zero-order valence-electron chi connectivity index (χ0n) is 10.6. The maximum absolute atomic E-state index is 12.1. The molecule has 3 nitrogen and oxygen atoms in total. The lowest BCUT2D eigenvalue weighted by molar-refractivity contribution is 0.102. The smallest absolute Gasteiger partial charge is 0.189 e. The van der Waals surface area contributed by atoms with E-state index in [0.29, 0.717) is 17.7 Å². The van der Waals surface area contributed by atoms with Crippen LogP contribution in [0.1, 0.15) is 29.6 Å². The highest BCUT2D eigenvalue weighted by Gasteiger charge is 2.16. The molecule has 18 heavy (non-hydrogen) atoms. The van der Waals surface area contributed by atoms with E-state index in [1.54, 1.807) is 12.1 Å². The van der Waals surface area contributed by atoms with Crippen molar-refractivity contribution in [2.45, 2.75) is 19.3 Å². The standard InChI is InChI=1S/C15H19NO2/c1-12(11-16-9-3-2-4-10-16)15(18)13-5-7-14(17)8-6-13/h5-8,17H,1-4,9-11H2. The van der Waals surface area contributed by atoms with Gasteiger partial charge in [0.1, 0.15) is 5.75 Å². The summed E-state index contributed by atoms with van der Waals surface area (Å²) in [6, 6.07) is 6.33. The Hall–Kier alpha value is -1.61. The molecule has 1 N–H and O–H groups in total. The van der Waals surface area contributed by atoms with Crippen molar-refractivity contribution in [3.8, 4) is 5.75 Å². The number of ketones is 1. The third-order valence-corrected chi connectivity index (χ3v) is 3.31. The lowest BCUT2D eigenvalue weighted by Crippen LogP contribution is -2.32. The van der Waals surface area contributed by atoms with Gasteiger partial charge in [0.15, 0.2) is 5.78 Å². The molecule has 0 atom stereocenters. The third-order valence-electron chi connectivity index (χ3n) is 3.31. The molecule has 1 aliphatic rings. The van der Waals surface area contributed by atoms with Gasteiger partial charge in [0, 0.05) is 17.7 Å². The maximum atomic E-state index is 12.1. The minimum absolute atomic E-state index is 0.0272. The van der Waals surface area contributed by atoms with Gasteiger partial charge in [0.25, 0.3) is 0 Å². The molecular formula is C15H19NO2. The number of likely N-dealkylation sites (tertiary alicyclic amines) is 1. The van der Waals surface area contributed by atoms with Crippen LogP contribution < -0.4 is 0 Å². The fraction of sp³-hybridized carbons (Fsp3) is 0.400. The van der Waals surface area contributed by atoms with E-state index >= 15 is 0 Å². The van der Waals surface area contributed by atoms with Crippen molar-refractivity contribution in [2.24, 2.45) is 0 Å². The summed E-state index contributed by atoms with van der Waals surface area (Å²) >= 11 is 0. The molecule has 1 aliphatic heterocycles. The number of phenolic OH excluding ortho intramolecular Hbond substituents is 1. The molecule has 2 rings (SSSR count). The number of phenols is 1. The Kier molecular flexibility index (Phi) is 4.15. The number of nitrogens with zero attached hydrogens (tertiary/aromatic N) is 1. The first-order valence-corrected chi connectivity index (χ1v) is 6.40. The fourth-order valence-electron chi connectivity index (χ4n) is 2.28. The molecule has 0 amide bonds. The average Bonchev–Trinajstić information content (AvgIpc) is 2.40. The van der Waals surface area contributed by atoms with Crippen molar-refractivity contribution >= 4 is 5.78 Å². The first-order valence-electron chi connectivity index (χ1n) is 6.40. The maximum Gasteiger partial charge on any atom is 0.189 e. The zero-order chi connectivity index (χ0) is 13.0. The molecular weight excluding hydrogens is 226 g/mol. The predicted molar refractivity (Wildman–Crippen MR) is 71.9 cm³/mol. The second-order valence-electron chi connectivity index (χ2n) is 4.82. The summed E-state index contributed by atoms with van der Waals surface area (Å²) in [5.74, 6) is 0.147. The number of hydrogen-bond donors (Lipinski definition) is 1. The molecule has 0 aromatic heterocycles. The summed E-state index contributed by atoms with van der Waals surface area (Å²) in [4.78, 5) is 14.4. The van der Waals surface area contributed by atoms with Crippen LogP contribution in [0.5, 0.6) is 5.75 Å². The van der Waals surface area contributed by atoms with Crippen molar-refractivity contribution in [1.82, 2.24) is 4.90 Å². The summed E-state index contributed by atoms with van der Waals surface area (Å²) in [5, 5.41) is 9.20. The van der Waals surface area contributed by atoms with Crippen molar-refractivity contribution in [2.75, 3.05) is 19.6 Å². The number of hydrogen-bond acceptors (Lipinski definition) is 3. The highest BCUT2D eigenvalue weighted by molar-refractivity contribution is 6.08. The molecule has 1 aromatic rings. The molecule has 0 aliphatic carbocycles. The average molecular weight is 245 g/mol. The minimum Gasteiger partial charge on any atom is -0.508 e. The molecule has 1 aromatic carbocycles. The number of rotatable bonds is 4. The molecule has 3 heteroatoms. The van der Waals surface area contributed by atoms with E-state index in [1.807, 2.05) is 0 Å². The quantitative estimate of drug-likeness (QED) is 0.655. The molecule has 0 saturated carbocycles. The van der Waals surface area contributed by atoms with E-state index in [0.717, 1.165) is 13.1 Å². The summed E-state index contributed by atoms with van der Waals surface area (Å²) < 4.78 is 0. The number of carbonyl (C=O) groups is 1. The van der Waals surface area contributed by atoms with Crippen LogP contribution in [-0.2, 0) is 0 Å². The van der Waals surface area contributed by atoms with Gasteiger partial charge in [-0.05, 0) is 50.2 Å². The largest absolute Gasteiger partial charge is 0.508 e. The van der Waals surface area contributed by atoms with Crippen LogP contribution >= 0.6 is 0 Å². The van der Waals surface area contributed by atoms with Gasteiger partial charge in [0.05, 0.1) is 0 Å². The highest BCUT2D eigenvalue weighted by atomic mass is 16.3. The Labute approximate surface area is 108 Å². The molecule has 1 saturated heterocycles. The molecule has 1 heterocycles. The van der Waals surface area contributed by atoms with Crippen molar-refractivity contribution in [1.29, 1.82) is 0 Å². The summed E-state index contributed by atoms with van der Waals surface area (Å²) in [5.41, 5.74) is 1.22. The van der Waals surface area contributed by atoms with Gasteiger partial charge in [-0.1, -0.05) is 13.0 Å². The van der Waals surface area contributed by atoms with Gasteiger partial charge < -0.3 is 5.11 Å². The third kappa shape index (κ3) is 3.20. The minimum atomic E-state index is -0.0272. The first-order chi connectivity index (χ1) is 8.66. The molecule has 0 radical (unpaired) electrons.